The summed E-state index contributed by atoms with van der Waals surface area (Å²) in [7, 11) is 0. The average molecular weight is 456 g/mol. The van der Waals surface area contributed by atoms with E-state index in [4.69, 9.17) is 9.47 Å². The van der Waals surface area contributed by atoms with E-state index in [2.05, 4.69) is 25.9 Å². The lowest BCUT2D eigenvalue weighted by molar-refractivity contribution is -0.131. The molecule has 178 valence electrons. The number of rotatable bonds is 5. The van der Waals surface area contributed by atoms with Crippen molar-refractivity contribution >= 4 is 17.8 Å². The summed E-state index contributed by atoms with van der Waals surface area (Å²) < 4.78 is 12.3. The van der Waals surface area contributed by atoms with E-state index in [0.717, 1.165) is 18.5 Å². The molecule has 33 heavy (non-hydrogen) atoms. The number of nitrogens with zero attached hydrogens (tertiary/aromatic N) is 3. The van der Waals surface area contributed by atoms with Crippen molar-refractivity contribution in [3.05, 3.63) is 46.8 Å². The van der Waals surface area contributed by atoms with Gasteiger partial charge in [0.2, 0.25) is 0 Å². The molecule has 1 fully saturated rings. The summed E-state index contributed by atoms with van der Waals surface area (Å²) >= 11 is 0. The highest BCUT2D eigenvalue weighted by molar-refractivity contribution is 5.96. The lowest BCUT2D eigenvalue weighted by atomic mass is 9.91. The average Bonchev–Trinajstić information content (AvgIpc) is 3.21. The van der Waals surface area contributed by atoms with E-state index in [-0.39, 0.29) is 17.4 Å². The number of ether oxygens (including phenoxy) is 2. The van der Waals surface area contributed by atoms with E-state index in [1.54, 1.807) is 32.0 Å². The number of esters is 2. The van der Waals surface area contributed by atoms with Gasteiger partial charge in [0.05, 0.1) is 12.6 Å². The lowest BCUT2D eigenvalue weighted by Gasteiger charge is -2.34. The minimum absolute atomic E-state index is 0.0799. The Morgan fingerprint density at radius 2 is 1.82 bits per heavy atom. The number of benzene rings is 1. The van der Waals surface area contributed by atoms with Crippen LogP contribution in [0, 0.1) is 6.92 Å². The van der Waals surface area contributed by atoms with E-state index < -0.39 is 11.9 Å². The molecular formula is C25H33N3O5. The van der Waals surface area contributed by atoms with Gasteiger partial charge < -0.3 is 14.4 Å². The minimum atomic E-state index is -0.419. The second-order valence-electron chi connectivity index (χ2n) is 9.38. The number of carbonyl (C=O) groups excluding carboxylic acids is 3. The predicted octanol–water partition coefficient (Wildman–Crippen LogP) is 4.07. The third-order valence-corrected chi connectivity index (χ3v) is 5.85. The van der Waals surface area contributed by atoms with Crippen molar-refractivity contribution in [2.75, 3.05) is 19.7 Å². The van der Waals surface area contributed by atoms with E-state index in [0.29, 0.717) is 42.3 Å². The summed E-state index contributed by atoms with van der Waals surface area (Å²) in [5, 5.41) is 4.59. The first kappa shape index (κ1) is 24.5. The van der Waals surface area contributed by atoms with Crippen molar-refractivity contribution in [3.8, 4) is 5.75 Å². The molecule has 2 aromatic rings. The summed E-state index contributed by atoms with van der Waals surface area (Å²) in [5.74, 6) is -0.512. The Morgan fingerprint density at radius 1 is 1.15 bits per heavy atom. The van der Waals surface area contributed by atoms with E-state index in [1.165, 1.54) is 6.92 Å². The van der Waals surface area contributed by atoms with Crippen molar-refractivity contribution in [1.29, 1.82) is 0 Å². The van der Waals surface area contributed by atoms with Gasteiger partial charge in [-0.05, 0) is 44.9 Å². The topological polar surface area (TPSA) is 90.7 Å². The molecule has 8 nitrogen and oxygen atoms in total. The molecule has 1 aromatic carbocycles. The second-order valence-corrected chi connectivity index (χ2v) is 9.38. The van der Waals surface area contributed by atoms with Crippen LogP contribution in [0.1, 0.15) is 85.6 Å². The van der Waals surface area contributed by atoms with Crippen molar-refractivity contribution in [3.63, 3.8) is 0 Å². The zero-order valence-corrected chi connectivity index (χ0v) is 20.3. The molecule has 0 saturated carbocycles. The van der Waals surface area contributed by atoms with Crippen LogP contribution in [0.25, 0.3) is 0 Å². The fourth-order valence-corrected chi connectivity index (χ4v) is 4.13. The maximum absolute atomic E-state index is 13.2. The van der Waals surface area contributed by atoms with Crippen LogP contribution in [0.2, 0.25) is 0 Å². The molecule has 0 atom stereocenters. The van der Waals surface area contributed by atoms with Gasteiger partial charge in [-0.15, -0.1) is 0 Å². The zero-order chi connectivity index (χ0) is 24.3. The summed E-state index contributed by atoms with van der Waals surface area (Å²) in [4.78, 5) is 38.6. The number of piperidine rings is 1. The number of hydrogen-bond acceptors (Lipinski definition) is 6. The van der Waals surface area contributed by atoms with Gasteiger partial charge >= 0.3 is 11.9 Å². The summed E-state index contributed by atoms with van der Waals surface area (Å²) in [5.41, 5.74) is 2.28. The van der Waals surface area contributed by atoms with Crippen molar-refractivity contribution in [1.82, 2.24) is 14.7 Å². The number of aromatic nitrogens is 2. The molecule has 0 radical (unpaired) electrons. The Hall–Kier alpha value is -3.16. The van der Waals surface area contributed by atoms with Gasteiger partial charge in [0.1, 0.15) is 5.75 Å². The molecule has 1 aliphatic rings. The third-order valence-electron chi connectivity index (χ3n) is 5.85. The van der Waals surface area contributed by atoms with Gasteiger partial charge in [-0.1, -0.05) is 26.8 Å². The molecule has 0 spiro atoms. The molecule has 2 heterocycles. The molecule has 0 unspecified atom stereocenters. The molecular weight excluding hydrogens is 422 g/mol. The highest BCUT2D eigenvalue weighted by atomic mass is 16.5. The van der Waals surface area contributed by atoms with Crippen LogP contribution in [-0.2, 0) is 14.9 Å². The van der Waals surface area contributed by atoms with Crippen molar-refractivity contribution < 1.29 is 23.9 Å². The smallest absolute Gasteiger partial charge is 0.358 e. The molecule has 3 rings (SSSR count). The van der Waals surface area contributed by atoms with Gasteiger partial charge in [0, 0.05) is 42.2 Å². The van der Waals surface area contributed by atoms with Crippen molar-refractivity contribution in [2.24, 2.45) is 0 Å². The van der Waals surface area contributed by atoms with Crippen LogP contribution in [0.15, 0.2) is 24.3 Å². The van der Waals surface area contributed by atoms with Gasteiger partial charge in [-0.25, -0.2) is 4.79 Å². The minimum Gasteiger partial charge on any atom is -0.461 e. The van der Waals surface area contributed by atoms with Crippen LogP contribution >= 0.6 is 0 Å². The summed E-state index contributed by atoms with van der Waals surface area (Å²) in [6.07, 6.45) is 1.45. The Kier molecular flexibility index (Phi) is 7.25. The molecule has 1 aliphatic heterocycles. The highest BCUT2D eigenvalue weighted by Crippen LogP contribution is 2.32. The summed E-state index contributed by atoms with van der Waals surface area (Å²) in [6.45, 7) is 12.6. The monoisotopic (exact) mass is 455 g/mol. The van der Waals surface area contributed by atoms with Gasteiger partial charge in [-0.3, -0.25) is 14.3 Å². The van der Waals surface area contributed by atoms with E-state index in [1.807, 2.05) is 15.6 Å². The van der Waals surface area contributed by atoms with Crippen molar-refractivity contribution in [2.45, 2.75) is 65.8 Å². The zero-order valence-electron chi connectivity index (χ0n) is 20.3. The number of hydrogen-bond donors (Lipinski definition) is 0. The van der Waals surface area contributed by atoms with E-state index >= 15 is 0 Å². The van der Waals surface area contributed by atoms with Crippen LogP contribution in [0.5, 0.6) is 5.75 Å². The third kappa shape index (κ3) is 5.43. The first-order valence-electron chi connectivity index (χ1n) is 11.4. The Morgan fingerprint density at radius 3 is 2.39 bits per heavy atom. The number of likely N-dealkylation sites (tertiary alicyclic amines) is 1. The van der Waals surface area contributed by atoms with E-state index in [9.17, 15) is 14.4 Å². The normalized spacial score (nSPS) is 14.8. The second kappa shape index (κ2) is 9.77. The molecule has 1 aromatic heterocycles. The molecule has 0 N–H and O–H groups in total. The van der Waals surface area contributed by atoms with Crippen LogP contribution in [0.3, 0.4) is 0 Å². The molecule has 0 aliphatic carbocycles. The number of carbonyl (C=O) groups is 3. The molecule has 1 amide bonds. The largest absolute Gasteiger partial charge is 0.461 e. The first-order valence-corrected chi connectivity index (χ1v) is 11.4. The van der Waals surface area contributed by atoms with Crippen LogP contribution < -0.4 is 4.74 Å². The maximum atomic E-state index is 13.2. The van der Waals surface area contributed by atoms with Gasteiger partial charge in [0.15, 0.2) is 5.69 Å². The first-order chi connectivity index (χ1) is 15.5. The fourth-order valence-electron chi connectivity index (χ4n) is 4.13. The van der Waals surface area contributed by atoms with Gasteiger partial charge in [-0.2, -0.15) is 5.10 Å². The quantitative estimate of drug-likeness (QED) is 0.499. The highest BCUT2D eigenvalue weighted by Gasteiger charge is 2.31. The fraction of sp³-hybridized carbons (Fsp3) is 0.520. The van der Waals surface area contributed by atoms with Crippen LogP contribution in [0.4, 0.5) is 0 Å². The Balaban J connectivity index is 1.77. The standard InChI is InChI=1S/C25H33N3O5/c1-7-32-24(31)20-15-22(25(4,5)6)28(26-20)18-11-13-27(14-12-18)23(30)19-9-8-10-21(16(19)2)33-17(3)29/h8-10,15,18H,7,11-14H2,1-6H3. The maximum Gasteiger partial charge on any atom is 0.358 e. The summed E-state index contributed by atoms with van der Waals surface area (Å²) in [6, 6.07) is 7.07. The predicted molar refractivity (Wildman–Crippen MR) is 124 cm³/mol. The lowest BCUT2D eigenvalue weighted by Crippen LogP contribution is -2.40. The van der Waals surface area contributed by atoms with Crippen LogP contribution in [-0.4, -0.2) is 52.2 Å². The Bertz CT molecular complexity index is 1040. The molecule has 8 heteroatoms. The molecule has 0 bridgehead atoms. The Labute approximate surface area is 194 Å². The molecule has 1 saturated heterocycles. The number of amides is 1. The van der Waals surface area contributed by atoms with Gasteiger partial charge in [0.25, 0.3) is 5.91 Å². The SMILES string of the molecule is CCOC(=O)c1cc(C(C)(C)C)n(C2CCN(C(=O)c3cccc(OC(C)=O)c3C)CC2)n1.